The smallest absolute Gasteiger partial charge is 0.262 e. The second-order valence-electron chi connectivity index (χ2n) is 9.26. The molecule has 0 radical (unpaired) electrons. The highest BCUT2D eigenvalue weighted by atomic mass is 32.2. The fourth-order valence-electron chi connectivity index (χ4n) is 5.01. The number of fused-ring (bicyclic) bond motifs is 1. The Hall–Kier alpha value is -2.64. The number of rotatable bonds is 7. The molecule has 178 valence electrons. The first kappa shape index (κ1) is 23.1. The molecule has 1 N–H and O–H groups in total. The maximum atomic E-state index is 13.2. The zero-order chi connectivity index (χ0) is 23.3. The molecule has 5 rings (SSSR count). The Labute approximate surface area is 204 Å². The molecule has 1 amide bonds. The van der Waals surface area contributed by atoms with Crippen LogP contribution < -0.4 is 10.9 Å². The normalized spacial score (nSPS) is 18.9. The van der Waals surface area contributed by atoms with Gasteiger partial charge in [0.2, 0.25) is 5.91 Å². The first-order chi connectivity index (χ1) is 16.7. The summed E-state index contributed by atoms with van der Waals surface area (Å²) >= 11 is 1.30. The largest absolute Gasteiger partial charge is 0.376 e. The predicted molar refractivity (Wildman–Crippen MR) is 137 cm³/mol. The molecule has 2 fully saturated rings. The summed E-state index contributed by atoms with van der Waals surface area (Å²) in [5.41, 5.74) is 2.73. The van der Waals surface area contributed by atoms with Crippen LogP contribution in [0.1, 0.15) is 56.4 Å². The number of hydrogen-bond donors (Lipinski definition) is 1. The topological polar surface area (TPSA) is 73.2 Å². The lowest BCUT2D eigenvalue weighted by molar-refractivity contribution is -0.113. The number of amides is 1. The fraction of sp³-hybridized carbons (Fsp3) is 0.444. The highest BCUT2D eigenvalue weighted by Gasteiger charge is 2.21. The van der Waals surface area contributed by atoms with Crippen molar-refractivity contribution in [3.05, 3.63) is 64.4 Å². The maximum Gasteiger partial charge on any atom is 0.262 e. The van der Waals surface area contributed by atoms with Crippen LogP contribution in [0.25, 0.3) is 10.9 Å². The summed E-state index contributed by atoms with van der Waals surface area (Å²) in [6, 6.07) is 15.6. The van der Waals surface area contributed by atoms with Crippen molar-refractivity contribution in [1.29, 1.82) is 0 Å². The van der Waals surface area contributed by atoms with Gasteiger partial charge >= 0.3 is 0 Å². The maximum absolute atomic E-state index is 13.2. The van der Waals surface area contributed by atoms with E-state index in [-0.39, 0.29) is 23.3 Å². The minimum Gasteiger partial charge on any atom is -0.376 e. The molecule has 2 aromatic carbocycles. The summed E-state index contributed by atoms with van der Waals surface area (Å²) in [5, 5.41) is 4.13. The number of hydrogen-bond acceptors (Lipinski definition) is 5. The molecule has 3 aromatic rings. The second-order valence-corrected chi connectivity index (χ2v) is 10.2. The summed E-state index contributed by atoms with van der Waals surface area (Å²) in [6.45, 7) is 1.19. The van der Waals surface area contributed by atoms with Crippen molar-refractivity contribution in [3.8, 4) is 0 Å². The van der Waals surface area contributed by atoms with Gasteiger partial charge < -0.3 is 10.1 Å². The van der Waals surface area contributed by atoms with Crippen LogP contribution in [0.2, 0.25) is 0 Å². The van der Waals surface area contributed by atoms with Crippen molar-refractivity contribution in [2.24, 2.45) is 0 Å². The van der Waals surface area contributed by atoms with Crippen LogP contribution in [0.4, 0.5) is 5.69 Å². The third-order valence-electron chi connectivity index (χ3n) is 6.84. The number of nitrogens with one attached hydrogen (secondary N) is 1. The van der Waals surface area contributed by atoms with Crippen molar-refractivity contribution in [3.63, 3.8) is 0 Å². The van der Waals surface area contributed by atoms with Crippen molar-refractivity contribution in [1.82, 2.24) is 9.55 Å². The van der Waals surface area contributed by atoms with Crippen LogP contribution >= 0.6 is 11.8 Å². The molecule has 6 nitrogen and oxygen atoms in total. The van der Waals surface area contributed by atoms with Gasteiger partial charge in [-0.1, -0.05) is 55.3 Å². The van der Waals surface area contributed by atoms with Crippen molar-refractivity contribution in [2.45, 2.75) is 68.7 Å². The number of carbonyl (C=O) groups excluding carboxylic acids is 1. The van der Waals surface area contributed by atoms with Crippen LogP contribution in [-0.2, 0) is 16.1 Å². The Bertz CT molecular complexity index is 1200. The molecule has 1 aromatic heterocycles. The summed E-state index contributed by atoms with van der Waals surface area (Å²) in [7, 11) is 0. The molecule has 0 spiro atoms. The Balaban J connectivity index is 1.27. The van der Waals surface area contributed by atoms with Gasteiger partial charge in [-0.3, -0.25) is 14.2 Å². The van der Waals surface area contributed by atoms with Crippen LogP contribution in [0, 0.1) is 0 Å². The van der Waals surface area contributed by atoms with Crippen LogP contribution in [0.3, 0.4) is 0 Å². The second kappa shape index (κ2) is 10.7. The predicted octanol–water partition coefficient (Wildman–Crippen LogP) is 5.35. The quantitative estimate of drug-likeness (QED) is 0.367. The number of anilines is 1. The number of carbonyl (C=O) groups is 1. The average Bonchev–Trinajstić information content (AvgIpc) is 3.39. The lowest BCUT2D eigenvalue weighted by Crippen LogP contribution is -2.29. The zero-order valence-corrected chi connectivity index (χ0v) is 20.2. The van der Waals surface area contributed by atoms with Crippen molar-refractivity contribution in [2.75, 3.05) is 17.7 Å². The van der Waals surface area contributed by atoms with E-state index in [9.17, 15) is 9.59 Å². The van der Waals surface area contributed by atoms with Gasteiger partial charge in [0.15, 0.2) is 5.16 Å². The van der Waals surface area contributed by atoms with Gasteiger partial charge in [0.1, 0.15) is 0 Å². The van der Waals surface area contributed by atoms with E-state index in [1.807, 2.05) is 30.3 Å². The molecule has 1 unspecified atom stereocenters. The number of aromatic nitrogens is 2. The fourth-order valence-corrected chi connectivity index (χ4v) is 5.82. The molecule has 0 bridgehead atoms. The molecule has 1 saturated heterocycles. The molecule has 34 heavy (non-hydrogen) atoms. The van der Waals surface area contributed by atoms with Gasteiger partial charge in [-0.05, 0) is 61.4 Å². The van der Waals surface area contributed by atoms with Gasteiger partial charge in [-0.25, -0.2) is 4.98 Å². The van der Waals surface area contributed by atoms with Crippen molar-refractivity contribution >= 4 is 34.3 Å². The lowest BCUT2D eigenvalue weighted by Gasteiger charge is -2.22. The summed E-state index contributed by atoms with van der Waals surface area (Å²) in [4.78, 5) is 30.6. The number of ether oxygens (including phenoxy) is 1. The van der Waals surface area contributed by atoms with E-state index in [1.54, 1.807) is 10.6 Å². The van der Waals surface area contributed by atoms with E-state index in [0.29, 0.717) is 28.5 Å². The summed E-state index contributed by atoms with van der Waals surface area (Å²) in [6.07, 6.45) is 8.42. The van der Waals surface area contributed by atoms with Gasteiger partial charge in [-0.2, -0.15) is 0 Å². The summed E-state index contributed by atoms with van der Waals surface area (Å²) < 4.78 is 7.44. The van der Waals surface area contributed by atoms with E-state index in [2.05, 4.69) is 17.4 Å². The summed E-state index contributed by atoms with van der Waals surface area (Å²) in [5.74, 6) is 0.718. The standard InChI is InChI=1S/C27H31N3O3S/c31-25(28-21-14-12-20(13-15-21)19-7-2-1-3-8-19)18-34-27-29-24-11-5-4-10-23(24)26(32)30(27)17-22-9-6-16-33-22/h4-5,10-15,19,22H,1-3,6-9,16-18H2,(H,28,31). The molecular weight excluding hydrogens is 446 g/mol. The van der Waals surface area contributed by atoms with E-state index in [4.69, 9.17) is 9.72 Å². The minimum atomic E-state index is -0.110. The number of nitrogens with zero attached hydrogens (tertiary/aromatic N) is 2. The van der Waals surface area contributed by atoms with Crippen LogP contribution in [0.5, 0.6) is 0 Å². The number of para-hydroxylation sites is 1. The number of thioether (sulfide) groups is 1. The highest BCUT2D eigenvalue weighted by Crippen LogP contribution is 2.33. The van der Waals surface area contributed by atoms with Crippen LogP contribution in [0.15, 0.2) is 58.5 Å². The molecule has 1 aliphatic carbocycles. The first-order valence-electron chi connectivity index (χ1n) is 12.3. The van der Waals surface area contributed by atoms with Gasteiger partial charge in [-0.15, -0.1) is 0 Å². The Morgan fingerprint density at radius 3 is 2.59 bits per heavy atom. The van der Waals surface area contributed by atoms with Crippen LogP contribution in [-0.4, -0.2) is 33.9 Å². The average molecular weight is 478 g/mol. The van der Waals surface area contributed by atoms with E-state index >= 15 is 0 Å². The molecule has 1 saturated carbocycles. The Morgan fingerprint density at radius 2 is 1.82 bits per heavy atom. The monoisotopic (exact) mass is 477 g/mol. The van der Waals surface area contributed by atoms with E-state index in [1.165, 1.54) is 49.4 Å². The molecule has 1 atom stereocenters. The molecule has 1 aliphatic heterocycles. The number of benzene rings is 2. The third-order valence-corrected chi connectivity index (χ3v) is 7.82. The molecule has 2 aliphatic rings. The third kappa shape index (κ3) is 5.36. The Kier molecular flexibility index (Phi) is 7.30. The highest BCUT2D eigenvalue weighted by molar-refractivity contribution is 7.99. The zero-order valence-electron chi connectivity index (χ0n) is 19.4. The lowest BCUT2D eigenvalue weighted by atomic mass is 9.84. The Morgan fingerprint density at radius 1 is 1.03 bits per heavy atom. The minimum absolute atomic E-state index is 0.0107. The molecule has 7 heteroatoms. The van der Waals surface area contributed by atoms with E-state index in [0.717, 1.165) is 25.1 Å². The van der Waals surface area contributed by atoms with Crippen molar-refractivity contribution < 1.29 is 9.53 Å². The van der Waals surface area contributed by atoms with Gasteiger partial charge in [0.25, 0.3) is 5.56 Å². The SMILES string of the molecule is O=C(CSc1nc2ccccc2c(=O)n1CC1CCCO1)Nc1ccc(C2CCCCC2)cc1. The molecule has 2 heterocycles. The van der Waals surface area contributed by atoms with Gasteiger partial charge in [0.05, 0.1) is 29.3 Å². The van der Waals surface area contributed by atoms with E-state index < -0.39 is 0 Å². The first-order valence-corrected chi connectivity index (χ1v) is 13.3. The molecular formula is C27H31N3O3S. The van der Waals surface area contributed by atoms with Gasteiger partial charge in [0, 0.05) is 12.3 Å².